The minimum absolute atomic E-state index is 0.00177. The number of rotatable bonds is 7. The maximum Gasteiger partial charge on any atom is 0.407 e. The summed E-state index contributed by atoms with van der Waals surface area (Å²) < 4.78 is 5.17. The minimum atomic E-state index is -0.569. The van der Waals surface area contributed by atoms with E-state index in [9.17, 15) is 19.7 Å². The van der Waals surface area contributed by atoms with E-state index in [1.54, 1.807) is 32.9 Å². The molecule has 0 saturated heterocycles. The molecule has 25 heavy (non-hydrogen) atoms. The average Bonchev–Trinajstić information content (AvgIpc) is 2.43. The first-order chi connectivity index (χ1) is 11.4. The van der Waals surface area contributed by atoms with Crippen LogP contribution in [0.2, 0.25) is 0 Å². The van der Waals surface area contributed by atoms with E-state index in [0.717, 1.165) is 5.56 Å². The van der Waals surface area contributed by atoms with Crippen molar-refractivity contribution in [2.24, 2.45) is 5.41 Å². The second-order valence-electron chi connectivity index (χ2n) is 7.84. The molecule has 1 N–H and O–H groups in total. The van der Waals surface area contributed by atoms with Gasteiger partial charge >= 0.3 is 6.09 Å². The SMILES string of the molecule is CC(C)(CNC(=O)OC(C)(C)C)CC(=O)Cc1ccc([N+](=O)[O-])cc1. The lowest BCUT2D eigenvalue weighted by molar-refractivity contribution is -0.384. The van der Waals surface area contributed by atoms with Crippen LogP contribution < -0.4 is 5.32 Å². The quantitative estimate of drug-likeness (QED) is 0.598. The number of carbonyl (C=O) groups excluding carboxylic acids is 2. The van der Waals surface area contributed by atoms with Crippen molar-refractivity contribution in [3.8, 4) is 0 Å². The van der Waals surface area contributed by atoms with Gasteiger partial charge in [0.15, 0.2) is 0 Å². The summed E-state index contributed by atoms with van der Waals surface area (Å²) in [4.78, 5) is 34.1. The molecule has 7 heteroatoms. The van der Waals surface area contributed by atoms with Crippen LogP contribution in [0.4, 0.5) is 10.5 Å². The number of non-ortho nitro benzene ring substituents is 1. The number of carbonyl (C=O) groups is 2. The molecule has 0 heterocycles. The Labute approximate surface area is 147 Å². The summed E-state index contributed by atoms with van der Waals surface area (Å²) in [6.45, 7) is 9.44. The highest BCUT2D eigenvalue weighted by Gasteiger charge is 2.24. The van der Waals surface area contributed by atoms with Gasteiger partial charge in [0.25, 0.3) is 5.69 Å². The molecule has 1 amide bonds. The van der Waals surface area contributed by atoms with Crippen LogP contribution in [0.15, 0.2) is 24.3 Å². The molecule has 0 radical (unpaired) electrons. The highest BCUT2D eigenvalue weighted by atomic mass is 16.6. The van der Waals surface area contributed by atoms with Crippen molar-refractivity contribution < 1.29 is 19.2 Å². The monoisotopic (exact) mass is 350 g/mol. The molecule has 0 fully saturated rings. The lowest BCUT2D eigenvalue weighted by Gasteiger charge is -2.26. The Morgan fingerprint density at radius 1 is 1.12 bits per heavy atom. The molecule has 7 nitrogen and oxygen atoms in total. The Bertz CT molecular complexity index is 630. The fourth-order valence-corrected chi connectivity index (χ4v) is 2.25. The number of nitro benzene ring substituents is 1. The van der Waals surface area contributed by atoms with Crippen LogP contribution in [-0.2, 0) is 16.0 Å². The molecule has 1 rings (SSSR count). The molecule has 1 aromatic rings. The maximum atomic E-state index is 12.2. The normalized spacial score (nSPS) is 11.7. The molecule has 0 bridgehead atoms. The molecule has 0 saturated carbocycles. The molecule has 1 aromatic carbocycles. The maximum absolute atomic E-state index is 12.2. The van der Waals surface area contributed by atoms with Gasteiger partial charge in [0, 0.05) is 31.5 Å². The van der Waals surface area contributed by atoms with Crippen molar-refractivity contribution in [2.75, 3.05) is 6.54 Å². The van der Waals surface area contributed by atoms with Gasteiger partial charge in [0.2, 0.25) is 0 Å². The van der Waals surface area contributed by atoms with Crippen molar-refractivity contribution in [3.63, 3.8) is 0 Å². The van der Waals surface area contributed by atoms with Gasteiger partial charge in [-0.3, -0.25) is 14.9 Å². The Morgan fingerprint density at radius 2 is 1.68 bits per heavy atom. The van der Waals surface area contributed by atoms with Gasteiger partial charge in [-0.1, -0.05) is 26.0 Å². The van der Waals surface area contributed by atoms with E-state index in [1.807, 2.05) is 13.8 Å². The van der Waals surface area contributed by atoms with Crippen LogP contribution in [0.3, 0.4) is 0 Å². The van der Waals surface area contributed by atoms with Crippen molar-refractivity contribution in [2.45, 2.75) is 53.1 Å². The molecule has 0 aliphatic rings. The van der Waals surface area contributed by atoms with Gasteiger partial charge in [0.05, 0.1) is 4.92 Å². The predicted octanol–water partition coefficient (Wildman–Crippen LogP) is 3.65. The highest BCUT2D eigenvalue weighted by molar-refractivity contribution is 5.81. The predicted molar refractivity (Wildman–Crippen MR) is 94.4 cm³/mol. The van der Waals surface area contributed by atoms with Crippen molar-refractivity contribution >= 4 is 17.6 Å². The second-order valence-corrected chi connectivity index (χ2v) is 7.84. The van der Waals surface area contributed by atoms with E-state index in [2.05, 4.69) is 5.32 Å². The molecule has 138 valence electrons. The van der Waals surface area contributed by atoms with Crippen LogP contribution in [-0.4, -0.2) is 28.9 Å². The number of hydrogen-bond donors (Lipinski definition) is 1. The number of nitrogens with zero attached hydrogens (tertiary/aromatic N) is 1. The smallest absolute Gasteiger partial charge is 0.407 e. The molecule has 0 unspecified atom stereocenters. The lowest BCUT2D eigenvalue weighted by Crippen LogP contribution is -2.38. The summed E-state index contributed by atoms with van der Waals surface area (Å²) in [6, 6.07) is 5.94. The molecule has 0 spiro atoms. The minimum Gasteiger partial charge on any atom is -0.444 e. The summed E-state index contributed by atoms with van der Waals surface area (Å²) in [5.74, 6) is 0.00448. The van der Waals surface area contributed by atoms with Crippen LogP contribution in [0, 0.1) is 15.5 Å². The third kappa shape index (κ3) is 8.28. The lowest BCUT2D eigenvalue weighted by atomic mass is 9.86. The van der Waals surface area contributed by atoms with Gasteiger partial charge in [-0.25, -0.2) is 4.79 Å². The first kappa shape index (κ1) is 20.6. The largest absolute Gasteiger partial charge is 0.444 e. The van der Waals surface area contributed by atoms with Crippen molar-refractivity contribution in [3.05, 3.63) is 39.9 Å². The molecule has 0 atom stereocenters. The topological polar surface area (TPSA) is 98.5 Å². The third-order valence-corrected chi connectivity index (χ3v) is 3.33. The fourth-order valence-electron chi connectivity index (χ4n) is 2.25. The molecular formula is C18H26N2O5. The standard InChI is InChI=1S/C18H26N2O5/c1-17(2,3)25-16(22)19-12-18(4,5)11-15(21)10-13-6-8-14(9-7-13)20(23)24/h6-9H,10-12H2,1-5H3,(H,19,22). The number of amides is 1. The first-order valence-electron chi connectivity index (χ1n) is 8.10. The van der Waals surface area contributed by atoms with Crippen LogP contribution in [0.25, 0.3) is 0 Å². The Morgan fingerprint density at radius 3 is 2.16 bits per heavy atom. The molecular weight excluding hydrogens is 324 g/mol. The number of alkyl carbamates (subject to hydrolysis) is 1. The Balaban J connectivity index is 2.51. The van der Waals surface area contributed by atoms with E-state index in [0.29, 0.717) is 6.54 Å². The van der Waals surface area contributed by atoms with E-state index >= 15 is 0 Å². The number of nitrogens with one attached hydrogen (secondary N) is 1. The number of ketones is 1. The van der Waals surface area contributed by atoms with E-state index in [1.165, 1.54) is 12.1 Å². The Hall–Kier alpha value is -2.44. The van der Waals surface area contributed by atoms with Gasteiger partial charge < -0.3 is 10.1 Å². The summed E-state index contributed by atoms with van der Waals surface area (Å²) in [5, 5.41) is 13.3. The van der Waals surface area contributed by atoms with Gasteiger partial charge in [-0.2, -0.15) is 0 Å². The number of ether oxygens (including phenoxy) is 1. The zero-order valence-corrected chi connectivity index (χ0v) is 15.4. The van der Waals surface area contributed by atoms with Crippen molar-refractivity contribution in [1.29, 1.82) is 0 Å². The van der Waals surface area contributed by atoms with Gasteiger partial charge in [0.1, 0.15) is 11.4 Å². The van der Waals surface area contributed by atoms with E-state index in [4.69, 9.17) is 4.74 Å². The summed E-state index contributed by atoms with van der Waals surface area (Å²) in [5.41, 5.74) is -0.265. The average molecular weight is 350 g/mol. The van der Waals surface area contributed by atoms with E-state index in [-0.39, 0.29) is 24.3 Å². The number of nitro groups is 1. The number of hydrogen-bond acceptors (Lipinski definition) is 5. The van der Waals surface area contributed by atoms with Crippen molar-refractivity contribution in [1.82, 2.24) is 5.32 Å². The number of benzene rings is 1. The zero-order valence-electron chi connectivity index (χ0n) is 15.4. The Kier molecular flexibility index (Phi) is 6.67. The molecule has 0 aromatic heterocycles. The second kappa shape index (κ2) is 8.09. The van der Waals surface area contributed by atoms with Gasteiger partial charge in [-0.15, -0.1) is 0 Å². The molecule has 0 aliphatic heterocycles. The summed E-state index contributed by atoms with van der Waals surface area (Å²) >= 11 is 0. The first-order valence-corrected chi connectivity index (χ1v) is 8.10. The zero-order chi connectivity index (χ0) is 19.3. The summed E-state index contributed by atoms with van der Waals surface area (Å²) in [7, 11) is 0. The number of Topliss-reactive ketones (excluding diaryl/α,β-unsaturated/α-hetero) is 1. The van der Waals surface area contributed by atoms with Crippen LogP contribution >= 0.6 is 0 Å². The van der Waals surface area contributed by atoms with Crippen LogP contribution in [0.1, 0.15) is 46.6 Å². The summed E-state index contributed by atoms with van der Waals surface area (Å²) in [6.07, 6.45) is -0.0309. The third-order valence-electron chi connectivity index (χ3n) is 3.33. The van der Waals surface area contributed by atoms with Gasteiger partial charge in [-0.05, 0) is 31.7 Å². The highest BCUT2D eigenvalue weighted by Crippen LogP contribution is 2.21. The van der Waals surface area contributed by atoms with Crippen LogP contribution in [0.5, 0.6) is 0 Å². The fraction of sp³-hybridized carbons (Fsp3) is 0.556. The van der Waals surface area contributed by atoms with E-state index < -0.39 is 22.0 Å². The molecule has 0 aliphatic carbocycles.